The van der Waals surface area contributed by atoms with Gasteiger partial charge >= 0.3 is 0 Å². The van der Waals surface area contributed by atoms with Crippen molar-refractivity contribution in [1.29, 1.82) is 0 Å². The highest BCUT2D eigenvalue weighted by Gasteiger charge is 2.18. The van der Waals surface area contributed by atoms with Crippen LogP contribution in [0.5, 0.6) is 5.75 Å². The normalized spacial score (nSPS) is 15.3. The Morgan fingerprint density at radius 3 is 2.96 bits per heavy atom. The topological polar surface area (TPSA) is 63.2 Å². The Morgan fingerprint density at radius 1 is 1.39 bits per heavy atom. The molecule has 23 heavy (non-hydrogen) atoms. The molecular formula is C16H18FN3O2S. The van der Waals surface area contributed by atoms with Gasteiger partial charge in [-0.3, -0.25) is 10.1 Å². The van der Waals surface area contributed by atoms with E-state index in [0.29, 0.717) is 11.0 Å². The molecule has 1 aliphatic rings. The van der Waals surface area contributed by atoms with Gasteiger partial charge in [-0.1, -0.05) is 12.1 Å². The fraction of sp³-hybridized carbons (Fsp3) is 0.375. The molecule has 1 aliphatic heterocycles. The molecule has 0 atom stereocenters. The predicted octanol–water partition coefficient (Wildman–Crippen LogP) is 2.77. The van der Waals surface area contributed by atoms with E-state index < -0.39 is 5.82 Å². The number of nitrogens with zero attached hydrogens (tertiary/aromatic N) is 1. The lowest BCUT2D eigenvalue weighted by Gasteiger charge is -2.20. The molecule has 0 bridgehead atoms. The Bertz CT molecular complexity index is 671. The molecule has 2 N–H and O–H groups in total. The van der Waals surface area contributed by atoms with Crippen LogP contribution in [0.2, 0.25) is 0 Å². The highest BCUT2D eigenvalue weighted by atomic mass is 32.1. The van der Waals surface area contributed by atoms with E-state index in [-0.39, 0.29) is 18.3 Å². The van der Waals surface area contributed by atoms with Gasteiger partial charge in [0.15, 0.2) is 23.3 Å². The van der Waals surface area contributed by atoms with Gasteiger partial charge < -0.3 is 10.1 Å². The number of para-hydroxylation sites is 1. The van der Waals surface area contributed by atoms with E-state index in [4.69, 9.17) is 4.74 Å². The third-order valence-corrected chi connectivity index (χ3v) is 4.78. The minimum Gasteiger partial charge on any atom is -0.481 e. The molecule has 1 fully saturated rings. The van der Waals surface area contributed by atoms with E-state index in [2.05, 4.69) is 15.6 Å². The monoisotopic (exact) mass is 335 g/mol. The summed E-state index contributed by atoms with van der Waals surface area (Å²) in [6.45, 7) is 1.78. The fourth-order valence-corrected chi connectivity index (χ4v) is 3.50. The molecule has 1 aromatic heterocycles. The first-order valence-electron chi connectivity index (χ1n) is 7.56. The van der Waals surface area contributed by atoms with Crippen molar-refractivity contribution in [3.63, 3.8) is 0 Å². The summed E-state index contributed by atoms with van der Waals surface area (Å²) >= 11 is 1.49. The number of amides is 1. The lowest BCUT2D eigenvalue weighted by Crippen LogP contribution is -2.26. The van der Waals surface area contributed by atoms with Gasteiger partial charge in [-0.2, -0.15) is 0 Å². The van der Waals surface area contributed by atoms with Gasteiger partial charge in [-0.15, -0.1) is 11.3 Å². The summed E-state index contributed by atoms with van der Waals surface area (Å²) in [5.74, 6) is -0.256. The standard InChI is InChI=1S/C16H18FN3O2S/c17-12-3-1-2-4-13(12)22-10-15(21)20-16-19-9-14(23-16)11-5-7-18-8-6-11/h1-4,9,11,18H,5-8,10H2,(H,19,20,21). The number of nitrogens with one attached hydrogen (secondary N) is 2. The van der Waals surface area contributed by atoms with Crippen molar-refractivity contribution in [2.45, 2.75) is 18.8 Å². The van der Waals surface area contributed by atoms with Crippen LogP contribution in [-0.2, 0) is 4.79 Å². The highest BCUT2D eigenvalue weighted by Crippen LogP contribution is 2.31. The van der Waals surface area contributed by atoms with Crippen molar-refractivity contribution in [1.82, 2.24) is 10.3 Å². The molecule has 2 aromatic rings. The molecule has 122 valence electrons. The van der Waals surface area contributed by atoms with Gasteiger partial charge in [-0.25, -0.2) is 9.37 Å². The third kappa shape index (κ3) is 4.27. The van der Waals surface area contributed by atoms with Crippen LogP contribution in [0, 0.1) is 5.82 Å². The minimum absolute atomic E-state index is 0.0668. The largest absolute Gasteiger partial charge is 0.481 e. The van der Waals surface area contributed by atoms with Crippen LogP contribution in [0.15, 0.2) is 30.5 Å². The third-order valence-electron chi connectivity index (χ3n) is 3.71. The zero-order valence-electron chi connectivity index (χ0n) is 12.5. The van der Waals surface area contributed by atoms with Crippen molar-refractivity contribution in [3.8, 4) is 5.75 Å². The second-order valence-corrected chi connectivity index (χ2v) is 6.42. The van der Waals surface area contributed by atoms with Crippen LogP contribution in [0.4, 0.5) is 9.52 Å². The molecule has 2 heterocycles. The van der Waals surface area contributed by atoms with Crippen molar-refractivity contribution in [3.05, 3.63) is 41.2 Å². The van der Waals surface area contributed by atoms with E-state index in [9.17, 15) is 9.18 Å². The smallest absolute Gasteiger partial charge is 0.264 e. The van der Waals surface area contributed by atoms with Crippen LogP contribution < -0.4 is 15.4 Å². The van der Waals surface area contributed by atoms with E-state index >= 15 is 0 Å². The van der Waals surface area contributed by atoms with Crippen LogP contribution in [0.25, 0.3) is 0 Å². The number of carbonyl (C=O) groups excluding carboxylic acids is 1. The van der Waals surface area contributed by atoms with Crippen molar-refractivity contribution in [2.75, 3.05) is 25.0 Å². The number of thiazole rings is 1. The van der Waals surface area contributed by atoms with Gasteiger partial charge in [0.1, 0.15) is 0 Å². The zero-order chi connectivity index (χ0) is 16.1. The van der Waals surface area contributed by atoms with Gasteiger partial charge in [-0.05, 0) is 44.0 Å². The maximum atomic E-state index is 13.4. The van der Waals surface area contributed by atoms with Crippen LogP contribution >= 0.6 is 11.3 Å². The average molecular weight is 335 g/mol. The minimum atomic E-state index is -0.484. The number of rotatable bonds is 5. The first-order chi connectivity index (χ1) is 11.2. The van der Waals surface area contributed by atoms with Crippen molar-refractivity contribution in [2.24, 2.45) is 0 Å². The average Bonchev–Trinajstić information content (AvgIpc) is 3.03. The summed E-state index contributed by atoms with van der Waals surface area (Å²) in [6.07, 6.45) is 4.01. The number of halogens is 1. The maximum absolute atomic E-state index is 13.4. The lowest BCUT2D eigenvalue weighted by atomic mass is 9.97. The Kier molecular flexibility index (Phi) is 5.19. The molecule has 1 aromatic carbocycles. The van der Waals surface area contributed by atoms with E-state index in [0.717, 1.165) is 25.9 Å². The highest BCUT2D eigenvalue weighted by molar-refractivity contribution is 7.15. The Morgan fingerprint density at radius 2 is 2.17 bits per heavy atom. The van der Waals surface area contributed by atoms with E-state index in [1.54, 1.807) is 12.1 Å². The van der Waals surface area contributed by atoms with Gasteiger partial charge in [0, 0.05) is 11.1 Å². The summed E-state index contributed by atoms with van der Waals surface area (Å²) in [6, 6.07) is 6.00. The molecule has 5 nitrogen and oxygen atoms in total. The summed E-state index contributed by atoms with van der Waals surface area (Å²) in [5.41, 5.74) is 0. The number of aromatic nitrogens is 1. The first-order valence-corrected chi connectivity index (χ1v) is 8.37. The van der Waals surface area contributed by atoms with Crippen molar-refractivity contribution >= 4 is 22.4 Å². The molecule has 0 aliphatic carbocycles. The number of hydrogen-bond acceptors (Lipinski definition) is 5. The first kappa shape index (κ1) is 15.9. The predicted molar refractivity (Wildman–Crippen MR) is 87.5 cm³/mol. The van der Waals surface area contributed by atoms with Gasteiger partial charge in [0.05, 0.1) is 0 Å². The molecule has 7 heteroatoms. The molecule has 0 spiro atoms. The zero-order valence-corrected chi connectivity index (χ0v) is 13.4. The molecule has 1 amide bonds. The fourth-order valence-electron chi connectivity index (χ4n) is 2.50. The maximum Gasteiger partial charge on any atom is 0.264 e. The number of anilines is 1. The summed E-state index contributed by atoms with van der Waals surface area (Å²) < 4.78 is 18.6. The SMILES string of the molecule is O=C(COc1ccccc1F)Nc1ncc(C2CCNCC2)s1. The second-order valence-electron chi connectivity index (χ2n) is 5.36. The number of ether oxygens (including phenoxy) is 1. The molecule has 0 radical (unpaired) electrons. The van der Waals surface area contributed by atoms with E-state index in [1.165, 1.54) is 28.3 Å². The summed E-state index contributed by atoms with van der Waals surface area (Å²) in [4.78, 5) is 17.3. The Hall–Kier alpha value is -1.99. The number of benzene rings is 1. The number of carbonyl (C=O) groups is 1. The van der Waals surface area contributed by atoms with Gasteiger partial charge in [0.25, 0.3) is 5.91 Å². The molecule has 1 saturated heterocycles. The molecule has 0 unspecified atom stereocenters. The van der Waals surface area contributed by atoms with Gasteiger partial charge in [0.2, 0.25) is 0 Å². The quantitative estimate of drug-likeness (QED) is 0.882. The van der Waals surface area contributed by atoms with E-state index in [1.807, 2.05) is 6.20 Å². The lowest BCUT2D eigenvalue weighted by molar-refractivity contribution is -0.118. The number of piperidine rings is 1. The number of hydrogen-bond donors (Lipinski definition) is 2. The Balaban J connectivity index is 1.52. The summed E-state index contributed by atoms with van der Waals surface area (Å²) in [5, 5.41) is 6.58. The second kappa shape index (κ2) is 7.52. The van der Waals surface area contributed by atoms with Crippen LogP contribution in [0.1, 0.15) is 23.6 Å². The molecule has 3 rings (SSSR count). The Labute approximate surface area is 137 Å². The van der Waals surface area contributed by atoms with Crippen molar-refractivity contribution < 1.29 is 13.9 Å². The van der Waals surface area contributed by atoms with Crippen LogP contribution in [-0.4, -0.2) is 30.6 Å². The molecular weight excluding hydrogens is 317 g/mol. The van der Waals surface area contributed by atoms with Crippen LogP contribution in [0.3, 0.4) is 0 Å². The summed E-state index contributed by atoms with van der Waals surface area (Å²) in [7, 11) is 0. The molecule has 0 saturated carbocycles.